The molecule has 134 valence electrons. The second kappa shape index (κ2) is 6.83. The van der Waals surface area contributed by atoms with Gasteiger partial charge in [-0.15, -0.1) is 0 Å². The quantitative estimate of drug-likeness (QED) is 0.653. The van der Waals surface area contributed by atoms with E-state index in [9.17, 15) is 5.11 Å². The Hall–Kier alpha value is -0.820. The molecule has 1 nitrogen and oxygen atoms in total. The molecule has 3 rings (SSSR count). The minimum atomic E-state index is -0.191. The number of allylic oxidation sites excluding steroid dienone is 4. The average molecular weight is 329 g/mol. The zero-order valence-corrected chi connectivity index (χ0v) is 16.1. The minimum Gasteiger partial charge on any atom is -0.393 e. The van der Waals surface area contributed by atoms with Gasteiger partial charge in [-0.2, -0.15) is 0 Å². The second-order valence-electron chi connectivity index (χ2n) is 9.29. The fourth-order valence-corrected chi connectivity index (χ4v) is 6.09. The van der Waals surface area contributed by atoms with Crippen LogP contribution in [0.5, 0.6) is 0 Å². The van der Waals surface area contributed by atoms with E-state index < -0.39 is 0 Å². The van der Waals surface area contributed by atoms with Crippen LogP contribution in [0.15, 0.2) is 35.5 Å². The van der Waals surface area contributed by atoms with Gasteiger partial charge >= 0.3 is 0 Å². The Labute approximate surface area is 148 Å². The van der Waals surface area contributed by atoms with Crippen LogP contribution in [0.2, 0.25) is 0 Å². The molecule has 0 aliphatic heterocycles. The van der Waals surface area contributed by atoms with Crippen molar-refractivity contribution < 1.29 is 5.11 Å². The van der Waals surface area contributed by atoms with Crippen LogP contribution in [0, 0.1) is 29.1 Å². The summed E-state index contributed by atoms with van der Waals surface area (Å²) in [6, 6.07) is 0. The summed E-state index contributed by atoms with van der Waals surface area (Å²) >= 11 is 0. The van der Waals surface area contributed by atoms with E-state index >= 15 is 0 Å². The molecule has 0 bridgehead atoms. The highest BCUT2D eigenvalue weighted by molar-refractivity contribution is 5.37. The zero-order valence-electron chi connectivity index (χ0n) is 16.1. The first kappa shape index (κ1) is 18.0. The first-order valence-electron chi connectivity index (χ1n) is 10.1. The second-order valence-corrected chi connectivity index (χ2v) is 9.29. The van der Waals surface area contributed by atoms with Gasteiger partial charge in [0.15, 0.2) is 0 Å². The van der Waals surface area contributed by atoms with Crippen LogP contribution in [0.1, 0.15) is 72.6 Å². The van der Waals surface area contributed by atoms with Crippen molar-refractivity contribution in [2.24, 2.45) is 29.1 Å². The lowest BCUT2D eigenvalue weighted by molar-refractivity contribution is 0.104. The van der Waals surface area contributed by atoms with Crippen LogP contribution >= 0.6 is 0 Å². The summed E-state index contributed by atoms with van der Waals surface area (Å²) in [5.74, 6) is 2.86. The molecule has 0 saturated heterocycles. The van der Waals surface area contributed by atoms with Crippen molar-refractivity contribution in [3.8, 4) is 0 Å². The minimum absolute atomic E-state index is 0.191. The molecule has 0 radical (unpaired) electrons. The first-order valence-corrected chi connectivity index (χ1v) is 10.1. The molecule has 0 amide bonds. The normalized spacial score (nSPS) is 43.7. The van der Waals surface area contributed by atoms with Crippen LogP contribution in [0.25, 0.3) is 0 Å². The summed E-state index contributed by atoms with van der Waals surface area (Å²) in [5.41, 5.74) is 4.69. The van der Waals surface area contributed by atoms with Crippen LogP contribution < -0.4 is 0 Å². The Morgan fingerprint density at radius 3 is 2.71 bits per heavy atom. The highest BCUT2D eigenvalue weighted by Crippen LogP contribution is 2.59. The van der Waals surface area contributed by atoms with E-state index in [0.29, 0.717) is 11.3 Å². The van der Waals surface area contributed by atoms with Crippen molar-refractivity contribution in [1.29, 1.82) is 0 Å². The third kappa shape index (κ3) is 3.17. The smallest absolute Gasteiger partial charge is 0.0586 e. The topological polar surface area (TPSA) is 20.2 Å². The lowest BCUT2D eigenvalue weighted by Crippen LogP contribution is -2.35. The molecule has 3 fully saturated rings. The van der Waals surface area contributed by atoms with Crippen molar-refractivity contribution in [1.82, 2.24) is 0 Å². The van der Waals surface area contributed by atoms with Crippen molar-refractivity contribution in [3.63, 3.8) is 0 Å². The third-order valence-corrected chi connectivity index (χ3v) is 7.43. The predicted molar refractivity (Wildman–Crippen MR) is 103 cm³/mol. The van der Waals surface area contributed by atoms with E-state index in [-0.39, 0.29) is 6.10 Å². The highest BCUT2D eigenvalue weighted by atomic mass is 16.3. The average Bonchev–Trinajstić information content (AvgIpc) is 2.87. The fourth-order valence-electron chi connectivity index (χ4n) is 6.09. The van der Waals surface area contributed by atoms with Crippen LogP contribution in [-0.4, -0.2) is 11.2 Å². The van der Waals surface area contributed by atoms with Gasteiger partial charge in [0.1, 0.15) is 0 Å². The van der Waals surface area contributed by atoms with Crippen molar-refractivity contribution in [3.05, 3.63) is 35.5 Å². The van der Waals surface area contributed by atoms with Gasteiger partial charge in [-0.1, -0.05) is 52.0 Å². The van der Waals surface area contributed by atoms with Gasteiger partial charge in [-0.05, 0) is 85.2 Å². The number of hydrogen-bond acceptors (Lipinski definition) is 1. The summed E-state index contributed by atoms with van der Waals surface area (Å²) < 4.78 is 0. The maximum absolute atomic E-state index is 10.1. The van der Waals surface area contributed by atoms with Gasteiger partial charge in [0.05, 0.1) is 6.10 Å². The van der Waals surface area contributed by atoms with Gasteiger partial charge in [0, 0.05) is 0 Å². The first-order chi connectivity index (χ1) is 11.3. The van der Waals surface area contributed by atoms with Crippen molar-refractivity contribution >= 4 is 0 Å². The van der Waals surface area contributed by atoms with Gasteiger partial charge in [-0.25, -0.2) is 0 Å². The molecule has 24 heavy (non-hydrogen) atoms. The van der Waals surface area contributed by atoms with Crippen molar-refractivity contribution in [2.45, 2.75) is 78.7 Å². The Bertz CT molecular complexity index is 552. The summed E-state index contributed by atoms with van der Waals surface area (Å²) in [6.45, 7) is 13.8. The van der Waals surface area contributed by atoms with E-state index in [2.05, 4.69) is 46.4 Å². The summed E-state index contributed by atoms with van der Waals surface area (Å²) in [4.78, 5) is 0. The number of aliphatic hydroxyl groups excluding tert-OH is 1. The fraction of sp³-hybridized carbons (Fsp3) is 0.739. The number of aliphatic hydroxyl groups is 1. The van der Waals surface area contributed by atoms with E-state index in [4.69, 9.17) is 0 Å². The molecule has 5 atom stereocenters. The van der Waals surface area contributed by atoms with E-state index in [1.165, 1.54) is 43.3 Å². The van der Waals surface area contributed by atoms with Crippen LogP contribution in [0.3, 0.4) is 0 Å². The summed E-state index contributed by atoms with van der Waals surface area (Å²) in [7, 11) is 0. The molecule has 3 aliphatic rings. The molecule has 3 aliphatic carbocycles. The molecular weight excluding hydrogens is 292 g/mol. The lowest BCUT2D eigenvalue weighted by Gasteiger charge is -2.43. The molecule has 1 N–H and O–H groups in total. The molecular formula is C23H36O. The largest absolute Gasteiger partial charge is 0.393 e. The molecule has 1 heteroatoms. The highest BCUT2D eigenvalue weighted by Gasteiger charge is 2.49. The molecule has 4 unspecified atom stereocenters. The van der Waals surface area contributed by atoms with Gasteiger partial charge < -0.3 is 5.11 Å². The molecule has 3 saturated carbocycles. The molecule has 0 heterocycles. The maximum Gasteiger partial charge on any atom is 0.0586 e. The monoisotopic (exact) mass is 328 g/mol. The lowest BCUT2D eigenvalue weighted by atomic mass is 9.61. The standard InChI is InChI=1S/C23H36O/c1-15(2)21-10-11-22-18(7-6-12-23(21,22)5)8-9-19-14-20(24)13-16(3)17(19)4/h8-9,15-16,20-22,24H,4,6-7,10-14H2,1-3,5H3/b18-8+,19-9+/t16-,20?,21?,22?,23?/m0/s1. The van der Waals surface area contributed by atoms with E-state index in [0.717, 1.165) is 30.6 Å². The van der Waals surface area contributed by atoms with Crippen LogP contribution in [0.4, 0.5) is 0 Å². The Kier molecular flexibility index (Phi) is 5.12. The third-order valence-electron chi connectivity index (χ3n) is 7.43. The molecule has 0 aromatic rings. The van der Waals surface area contributed by atoms with Gasteiger partial charge in [0.2, 0.25) is 0 Å². The van der Waals surface area contributed by atoms with Crippen molar-refractivity contribution in [2.75, 3.05) is 0 Å². The molecule has 0 aromatic carbocycles. The van der Waals surface area contributed by atoms with E-state index in [1.54, 1.807) is 5.57 Å². The number of fused-ring (bicyclic) bond motifs is 1. The number of hydrogen-bond donors (Lipinski definition) is 1. The Morgan fingerprint density at radius 1 is 1.25 bits per heavy atom. The Balaban J connectivity index is 1.83. The Morgan fingerprint density at radius 2 is 2.00 bits per heavy atom. The molecule has 0 spiro atoms. The van der Waals surface area contributed by atoms with Gasteiger partial charge in [0.25, 0.3) is 0 Å². The maximum atomic E-state index is 10.1. The number of rotatable bonds is 2. The van der Waals surface area contributed by atoms with Gasteiger partial charge in [-0.3, -0.25) is 0 Å². The summed E-state index contributed by atoms with van der Waals surface area (Å²) in [6.07, 6.45) is 12.9. The molecule has 0 aromatic heterocycles. The summed E-state index contributed by atoms with van der Waals surface area (Å²) in [5, 5.41) is 10.1. The zero-order chi connectivity index (χ0) is 17.5. The predicted octanol–water partition coefficient (Wildman–Crippen LogP) is 6.06. The van der Waals surface area contributed by atoms with E-state index in [1.807, 2.05) is 0 Å². The van der Waals surface area contributed by atoms with Crippen LogP contribution in [-0.2, 0) is 0 Å². The SMILES string of the molecule is C=C1/C(=C/C=C2\CCCC3(C)C2CCC3C(C)C)CC(O)C[C@@H]1C.